The SMILES string of the molecule is CC(C)Oc1cccc(/C=C(/NC(=O)c2ccccc2)C(=O)N[C@@H](C)C(=O)O)c1. The molecule has 0 aromatic heterocycles. The molecule has 0 aliphatic rings. The number of rotatable bonds is 8. The van der Waals surface area contributed by atoms with Gasteiger partial charge in [-0.25, -0.2) is 0 Å². The first kappa shape index (κ1) is 21.7. The Morgan fingerprint density at radius 1 is 1.00 bits per heavy atom. The van der Waals surface area contributed by atoms with Crippen LogP contribution in [0.2, 0.25) is 0 Å². The van der Waals surface area contributed by atoms with E-state index in [1.807, 2.05) is 13.8 Å². The Morgan fingerprint density at radius 3 is 2.31 bits per heavy atom. The first-order valence-corrected chi connectivity index (χ1v) is 9.14. The first-order valence-electron chi connectivity index (χ1n) is 9.14. The van der Waals surface area contributed by atoms with E-state index in [-0.39, 0.29) is 11.8 Å². The fourth-order valence-electron chi connectivity index (χ4n) is 2.40. The van der Waals surface area contributed by atoms with Crippen LogP contribution in [0.4, 0.5) is 0 Å². The van der Waals surface area contributed by atoms with Crippen LogP contribution in [0.25, 0.3) is 6.08 Å². The predicted octanol–water partition coefficient (Wildman–Crippen LogP) is 2.83. The Kier molecular flexibility index (Phi) is 7.54. The van der Waals surface area contributed by atoms with E-state index in [1.165, 1.54) is 13.0 Å². The Bertz CT molecular complexity index is 906. The largest absolute Gasteiger partial charge is 0.491 e. The molecule has 0 heterocycles. The molecule has 0 fully saturated rings. The van der Waals surface area contributed by atoms with Crippen molar-refractivity contribution in [3.05, 3.63) is 71.4 Å². The molecule has 0 unspecified atom stereocenters. The molecule has 29 heavy (non-hydrogen) atoms. The molecule has 0 saturated carbocycles. The van der Waals surface area contributed by atoms with Gasteiger partial charge < -0.3 is 20.5 Å². The highest BCUT2D eigenvalue weighted by Crippen LogP contribution is 2.17. The van der Waals surface area contributed by atoms with E-state index >= 15 is 0 Å². The summed E-state index contributed by atoms with van der Waals surface area (Å²) in [7, 11) is 0. The number of carbonyl (C=O) groups is 3. The number of aliphatic carboxylic acids is 1. The van der Waals surface area contributed by atoms with Gasteiger partial charge in [0.05, 0.1) is 6.10 Å². The Labute approximate surface area is 169 Å². The van der Waals surface area contributed by atoms with E-state index < -0.39 is 23.8 Å². The van der Waals surface area contributed by atoms with E-state index in [4.69, 9.17) is 9.84 Å². The first-order chi connectivity index (χ1) is 13.8. The molecule has 2 aromatic rings. The van der Waals surface area contributed by atoms with Gasteiger partial charge in [-0.2, -0.15) is 0 Å². The van der Waals surface area contributed by atoms with Gasteiger partial charge in [0.1, 0.15) is 17.5 Å². The number of nitrogens with one attached hydrogen (secondary N) is 2. The molecule has 2 aromatic carbocycles. The molecule has 0 saturated heterocycles. The third kappa shape index (κ3) is 6.80. The standard InChI is InChI=1S/C22H24N2O5/c1-14(2)29-18-11-7-8-16(12-18)13-19(21(26)23-15(3)22(27)28)24-20(25)17-9-5-4-6-10-17/h4-15H,1-3H3,(H,23,26)(H,24,25)(H,27,28)/b19-13+/t15-/m0/s1. The van der Waals surface area contributed by atoms with Gasteiger partial charge in [0, 0.05) is 5.56 Å². The number of benzene rings is 2. The van der Waals surface area contributed by atoms with Crippen molar-refractivity contribution in [2.24, 2.45) is 0 Å². The zero-order valence-corrected chi connectivity index (χ0v) is 16.5. The van der Waals surface area contributed by atoms with E-state index in [1.54, 1.807) is 54.6 Å². The molecule has 152 valence electrons. The van der Waals surface area contributed by atoms with Crippen LogP contribution < -0.4 is 15.4 Å². The van der Waals surface area contributed by atoms with Crippen molar-refractivity contribution < 1.29 is 24.2 Å². The van der Waals surface area contributed by atoms with Gasteiger partial charge in [0.25, 0.3) is 11.8 Å². The van der Waals surface area contributed by atoms with E-state index in [0.29, 0.717) is 16.9 Å². The highest BCUT2D eigenvalue weighted by molar-refractivity contribution is 6.06. The minimum absolute atomic E-state index is 0.0220. The lowest BCUT2D eigenvalue weighted by Crippen LogP contribution is -2.42. The topological polar surface area (TPSA) is 105 Å². The number of hydrogen-bond acceptors (Lipinski definition) is 4. The second-order valence-corrected chi connectivity index (χ2v) is 6.65. The molecular weight excluding hydrogens is 372 g/mol. The van der Waals surface area contributed by atoms with Crippen LogP contribution in [0.1, 0.15) is 36.7 Å². The predicted molar refractivity (Wildman–Crippen MR) is 109 cm³/mol. The average molecular weight is 396 g/mol. The van der Waals surface area contributed by atoms with Crippen molar-refractivity contribution in [2.45, 2.75) is 32.9 Å². The number of carbonyl (C=O) groups excluding carboxylic acids is 2. The molecular formula is C22H24N2O5. The van der Waals surface area contributed by atoms with Crippen molar-refractivity contribution in [3.8, 4) is 5.75 Å². The van der Waals surface area contributed by atoms with Gasteiger partial charge in [0.15, 0.2) is 0 Å². The summed E-state index contributed by atoms with van der Waals surface area (Å²) in [6, 6.07) is 14.3. The highest BCUT2D eigenvalue weighted by atomic mass is 16.5. The molecule has 2 amide bonds. The molecule has 1 atom stereocenters. The van der Waals surface area contributed by atoms with Gasteiger partial charge in [0.2, 0.25) is 0 Å². The third-order valence-electron chi connectivity index (χ3n) is 3.79. The molecule has 0 aliphatic heterocycles. The second kappa shape index (κ2) is 10.1. The van der Waals surface area contributed by atoms with Crippen molar-refractivity contribution >= 4 is 23.9 Å². The fraction of sp³-hybridized carbons (Fsp3) is 0.227. The average Bonchev–Trinajstić information content (AvgIpc) is 2.67. The van der Waals surface area contributed by atoms with Crippen LogP contribution in [-0.2, 0) is 9.59 Å². The lowest BCUT2D eigenvalue weighted by molar-refractivity contribution is -0.140. The maximum Gasteiger partial charge on any atom is 0.325 e. The normalized spacial score (nSPS) is 12.2. The molecule has 0 spiro atoms. The number of carboxylic acids is 1. The fourth-order valence-corrected chi connectivity index (χ4v) is 2.40. The Balaban J connectivity index is 2.33. The van der Waals surface area contributed by atoms with Crippen LogP contribution >= 0.6 is 0 Å². The summed E-state index contributed by atoms with van der Waals surface area (Å²) in [4.78, 5) is 36.2. The highest BCUT2D eigenvalue weighted by Gasteiger charge is 2.19. The van der Waals surface area contributed by atoms with Crippen LogP contribution in [0.15, 0.2) is 60.3 Å². The van der Waals surface area contributed by atoms with Crippen molar-refractivity contribution in [3.63, 3.8) is 0 Å². The number of amides is 2. The maximum absolute atomic E-state index is 12.6. The molecule has 0 radical (unpaired) electrons. The monoisotopic (exact) mass is 396 g/mol. The third-order valence-corrected chi connectivity index (χ3v) is 3.79. The quantitative estimate of drug-likeness (QED) is 0.595. The van der Waals surface area contributed by atoms with Gasteiger partial charge in [-0.15, -0.1) is 0 Å². The minimum Gasteiger partial charge on any atom is -0.491 e. The summed E-state index contributed by atoms with van der Waals surface area (Å²) in [5.74, 6) is -1.76. The zero-order chi connectivity index (χ0) is 21.4. The van der Waals surface area contributed by atoms with Gasteiger partial charge in [-0.05, 0) is 56.7 Å². The van der Waals surface area contributed by atoms with Gasteiger partial charge >= 0.3 is 5.97 Å². The van der Waals surface area contributed by atoms with Crippen LogP contribution in [0.3, 0.4) is 0 Å². The zero-order valence-electron chi connectivity index (χ0n) is 16.5. The molecule has 7 nitrogen and oxygen atoms in total. The maximum atomic E-state index is 12.6. The van der Waals surface area contributed by atoms with E-state index in [0.717, 1.165) is 0 Å². The summed E-state index contributed by atoms with van der Waals surface area (Å²) in [6.07, 6.45) is 1.45. The van der Waals surface area contributed by atoms with Gasteiger partial charge in [-0.1, -0.05) is 30.3 Å². The second-order valence-electron chi connectivity index (χ2n) is 6.65. The van der Waals surface area contributed by atoms with E-state index in [2.05, 4.69) is 10.6 Å². The van der Waals surface area contributed by atoms with Crippen molar-refractivity contribution in [1.29, 1.82) is 0 Å². The minimum atomic E-state index is -1.18. The van der Waals surface area contributed by atoms with Gasteiger partial charge in [-0.3, -0.25) is 14.4 Å². The summed E-state index contributed by atoms with van der Waals surface area (Å²) < 4.78 is 5.65. The Hall–Kier alpha value is -3.61. The van der Waals surface area contributed by atoms with Crippen LogP contribution in [-0.4, -0.2) is 35.0 Å². The summed E-state index contributed by atoms with van der Waals surface area (Å²) in [5.41, 5.74) is 0.910. The van der Waals surface area contributed by atoms with Crippen LogP contribution in [0.5, 0.6) is 5.75 Å². The molecule has 7 heteroatoms. The smallest absolute Gasteiger partial charge is 0.325 e. The number of ether oxygens (including phenoxy) is 1. The lowest BCUT2D eigenvalue weighted by Gasteiger charge is -2.14. The summed E-state index contributed by atoms with van der Waals surface area (Å²) in [6.45, 7) is 5.14. The van der Waals surface area contributed by atoms with Crippen LogP contribution in [0, 0.1) is 0 Å². The van der Waals surface area contributed by atoms with E-state index in [9.17, 15) is 14.4 Å². The Morgan fingerprint density at radius 2 is 1.69 bits per heavy atom. The lowest BCUT2D eigenvalue weighted by atomic mass is 10.1. The molecule has 0 bridgehead atoms. The number of carboxylic acid groups (broad SMARTS) is 1. The molecule has 3 N–H and O–H groups in total. The summed E-state index contributed by atoms with van der Waals surface area (Å²) in [5, 5.41) is 14.0. The van der Waals surface area contributed by atoms with Crippen molar-refractivity contribution in [2.75, 3.05) is 0 Å². The summed E-state index contributed by atoms with van der Waals surface area (Å²) >= 11 is 0. The number of hydrogen-bond donors (Lipinski definition) is 3. The molecule has 2 rings (SSSR count). The van der Waals surface area contributed by atoms with Crippen molar-refractivity contribution in [1.82, 2.24) is 10.6 Å². The molecule has 0 aliphatic carbocycles.